The molecule has 108 valence electrons. The largest absolute Gasteiger partial charge is 0.478 e. The van der Waals surface area contributed by atoms with Gasteiger partial charge in [-0.25, -0.2) is 4.79 Å². The number of para-hydroxylation sites is 1. The Bertz CT molecular complexity index is 725. The second-order valence-corrected chi connectivity index (χ2v) is 5.63. The van der Waals surface area contributed by atoms with Crippen molar-refractivity contribution in [3.63, 3.8) is 0 Å². The summed E-state index contributed by atoms with van der Waals surface area (Å²) in [7, 11) is 0. The monoisotopic (exact) mass is 347 g/mol. The predicted molar refractivity (Wildman–Crippen MR) is 85.0 cm³/mol. The summed E-state index contributed by atoms with van der Waals surface area (Å²) in [5.41, 5.74) is 2.44. The number of carbonyl (C=O) groups excluding carboxylic acids is 1. The van der Waals surface area contributed by atoms with E-state index in [4.69, 9.17) is 0 Å². The summed E-state index contributed by atoms with van der Waals surface area (Å²) < 4.78 is 0.888. The Morgan fingerprint density at radius 2 is 1.76 bits per heavy atom. The van der Waals surface area contributed by atoms with Gasteiger partial charge in [-0.1, -0.05) is 28.1 Å². The van der Waals surface area contributed by atoms with Crippen LogP contribution in [0.4, 0.5) is 5.69 Å². The van der Waals surface area contributed by atoms with Gasteiger partial charge in [0, 0.05) is 10.0 Å². The number of hydrogen-bond acceptors (Lipinski definition) is 2. The molecule has 1 amide bonds. The van der Waals surface area contributed by atoms with Gasteiger partial charge in [0.05, 0.1) is 11.3 Å². The minimum Gasteiger partial charge on any atom is -0.478 e. The van der Waals surface area contributed by atoms with Crippen LogP contribution in [0, 0.1) is 13.8 Å². The second-order valence-electron chi connectivity index (χ2n) is 4.72. The molecule has 0 aliphatic rings. The van der Waals surface area contributed by atoms with E-state index >= 15 is 0 Å². The number of aryl methyl sites for hydroxylation is 2. The van der Waals surface area contributed by atoms with Crippen LogP contribution in [0.15, 0.2) is 40.9 Å². The fourth-order valence-corrected chi connectivity index (χ4v) is 2.55. The van der Waals surface area contributed by atoms with Gasteiger partial charge in [-0.15, -0.1) is 0 Å². The number of hydrogen-bond donors (Lipinski definition) is 2. The lowest BCUT2D eigenvalue weighted by Crippen LogP contribution is -2.17. The van der Waals surface area contributed by atoms with Crippen molar-refractivity contribution in [2.45, 2.75) is 13.8 Å². The molecule has 2 N–H and O–H groups in total. The fraction of sp³-hybridized carbons (Fsp3) is 0.125. The van der Waals surface area contributed by atoms with Gasteiger partial charge in [-0.05, 0) is 49.2 Å². The quantitative estimate of drug-likeness (QED) is 0.881. The zero-order valence-corrected chi connectivity index (χ0v) is 13.2. The number of carboxylic acid groups (broad SMARTS) is 1. The van der Waals surface area contributed by atoms with Crippen LogP contribution in [0.5, 0.6) is 0 Å². The molecule has 2 rings (SSSR count). The van der Waals surface area contributed by atoms with Gasteiger partial charge in [0.25, 0.3) is 5.91 Å². The van der Waals surface area contributed by atoms with Crippen LogP contribution in [0.2, 0.25) is 0 Å². The van der Waals surface area contributed by atoms with Crippen molar-refractivity contribution >= 4 is 33.5 Å². The van der Waals surface area contributed by atoms with Gasteiger partial charge in [0.15, 0.2) is 0 Å². The first kappa shape index (κ1) is 15.3. The molecule has 0 spiro atoms. The fourth-order valence-electron chi connectivity index (χ4n) is 2.07. The molecule has 0 aliphatic heterocycles. The Labute approximate surface area is 130 Å². The zero-order valence-electron chi connectivity index (χ0n) is 11.6. The third kappa shape index (κ3) is 3.31. The average Bonchev–Trinajstić information content (AvgIpc) is 2.40. The van der Waals surface area contributed by atoms with E-state index in [1.54, 1.807) is 31.2 Å². The Kier molecular flexibility index (Phi) is 4.43. The van der Waals surface area contributed by atoms with Crippen molar-refractivity contribution < 1.29 is 14.7 Å². The Hall–Kier alpha value is -2.14. The zero-order chi connectivity index (χ0) is 15.6. The number of carboxylic acids is 1. The molecule has 0 bridgehead atoms. The number of carbonyl (C=O) groups is 2. The molecule has 0 fully saturated rings. The Balaban J connectivity index is 2.38. The van der Waals surface area contributed by atoms with E-state index in [9.17, 15) is 14.7 Å². The first-order valence-electron chi connectivity index (χ1n) is 6.30. The first-order chi connectivity index (χ1) is 9.90. The molecule has 0 saturated heterocycles. The lowest BCUT2D eigenvalue weighted by atomic mass is 10.1. The molecular formula is C16H14BrNO3. The third-order valence-corrected chi connectivity index (χ3v) is 3.67. The average molecular weight is 348 g/mol. The summed E-state index contributed by atoms with van der Waals surface area (Å²) >= 11 is 3.35. The predicted octanol–water partition coefficient (Wildman–Crippen LogP) is 4.02. The number of aromatic carboxylic acids is 1. The highest BCUT2D eigenvalue weighted by molar-refractivity contribution is 9.10. The summed E-state index contributed by atoms with van der Waals surface area (Å²) in [5.74, 6) is -1.39. The van der Waals surface area contributed by atoms with E-state index < -0.39 is 5.97 Å². The van der Waals surface area contributed by atoms with E-state index in [0.29, 0.717) is 16.8 Å². The summed E-state index contributed by atoms with van der Waals surface area (Å²) in [6.07, 6.45) is 0. The summed E-state index contributed by atoms with van der Waals surface area (Å²) in [5, 5.41) is 11.9. The normalized spacial score (nSPS) is 10.2. The minimum atomic E-state index is -1.07. The highest BCUT2D eigenvalue weighted by Crippen LogP contribution is 2.23. The molecule has 0 aromatic heterocycles. The molecule has 4 nitrogen and oxygen atoms in total. The van der Waals surface area contributed by atoms with Crippen LogP contribution in [0.3, 0.4) is 0 Å². The molecule has 21 heavy (non-hydrogen) atoms. The number of benzene rings is 2. The van der Waals surface area contributed by atoms with Crippen molar-refractivity contribution in [3.8, 4) is 0 Å². The minimum absolute atomic E-state index is 0.0816. The smallest absolute Gasteiger partial charge is 0.337 e. The van der Waals surface area contributed by atoms with Crippen molar-refractivity contribution in [1.29, 1.82) is 0 Å². The Morgan fingerprint density at radius 1 is 1.05 bits per heavy atom. The number of nitrogens with one attached hydrogen (secondary N) is 1. The number of amides is 1. The molecule has 2 aromatic rings. The number of anilines is 1. The van der Waals surface area contributed by atoms with Gasteiger partial charge < -0.3 is 10.4 Å². The second kappa shape index (κ2) is 6.10. The number of rotatable bonds is 3. The highest BCUT2D eigenvalue weighted by atomic mass is 79.9. The van der Waals surface area contributed by atoms with Crippen molar-refractivity contribution in [1.82, 2.24) is 0 Å². The van der Waals surface area contributed by atoms with Crippen molar-refractivity contribution in [2.75, 3.05) is 5.32 Å². The van der Waals surface area contributed by atoms with Gasteiger partial charge in [-0.2, -0.15) is 0 Å². The molecule has 0 unspecified atom stereocenters. The van der Waals surface area contributed by atoms with Gasteiger partial charge >= 0.3 is 5.97 Å². The summed E-state index contributed by atoms with van der Waals surface area (Å²) in [4.78, 5) is 23.6. The van der Waals surface area contributed by atoms with E-state index in [1.165, 1.54) is 6.07 Å². The highest BCUT2D eigenvalue weighted by Gasteiger charge is 2.16. The number of halogens is 1. The maximum atomic E-state index is 12.4. The third-order valence-electron chi connectivity index (χ3n) is 3.17. The molecule has 0 radical (unpaired) electrons. The van der Waals surface area contributed by atoms with Crippen LogP contribution < -0.4 is 5.32 Å². The van der Waals surface area contributed by atoms with Gasteiger partial charge in [-0.3, -0.25) is 4.79 Å². The molecular weight excluding hydrogens is 334 g/mol. The molecule has 0 aliphatic carbocycles. The molecule has 5 heteroatoms. The first-order valence-corrected chi connectivity index (χ1v) is 7.10. The molecule has 0 atom stereocenters. The SMILES string of the molecule is Cc1cc(Br)ccc1C(=O)Nc1c(C)cccc1C(=O)O. The summed E-state index contributed by atoms with van der Waals surface area (Å²) in [6, 6.07) is 10.2. The van der Waals surface area contributed by atoms with Crippen LogP contribution in [-0.4, -0.2) is 17.0 Å². The van der Waals surface area contributed by atoms with Crippen LogP contribution >= 0.6 is 15.9 Å². The maximum Gasteiger partial charge on any atom is 0.337 e. The topological polar surface area (TPSA) is 66.4 Å². The van der Waals surface area contributed by atoms with Crippen LogP contribution in [0.1, 0.15) is 31.8 Å². The maximum absolute atomic E-state index is 12.4. The van der Waals surface area contributed by atoms with E-state index in [2.05, 4.69) is 21.2 Å². The molecule has 0 heterocycles. The van der Waals surface area contributed by atoms with Crippen molar-refractivity contribution in [2.24, 2.45) is 0 Å². The standard InChI is InChI=1S/C16H14BrNO3/c1-9-4-3-5-13(16(20)21)14(9)18-15(19)12-7-6-11(17)8-10(12)2/h3-8H,1-2H3,(H,18,19)(H,20,21). The van der Waals surface area contributed by atoms with Gasteiger partial charge in [0.2, 0.25) is 0 Å². The van der Waals surface area contributed by atoms with Gasteiger partial charge in [0.1, 0.15) is 0 Å². The van der Waals surface area contributed by atoms with Crippen LogP contribution in [-0.2, 0) is 0 Å². The lowest BCUT2D eigenvalue weighted by molar-refractivity contribution is 0.0698. The molecule has 0 saturated carbocycles. The summed E-state index contributed by atoms with van der Waals surface area (Å²) in [6.45, 7) is 3.59. The molecule has 2 aromatic carbocycles. The van der Waals surface area contributed by atoms with E-state index in [0.717, 1.165) is 10.0 Å². The Morgan fingerprint density at radius 3 is 2.38 bits per heavy atom. The van der Waals surface area contributed by atoms with Crippen molar-refractivity contribution in [3.05, 3.63) is 63.1 Å². The van der Waals surface area contributed by atoms with E-state index in [1.807, 2.05) is 13.0 Å². The lowest BCUT2D eigenvalue weighted by Gasteiger charge is -2.12. The van der Waals surface area contributed by atoms with Crippen LogP contribution in [0.25, 0.3) is 0 Å². The van der Waals surface area contributed by atoms with E-state index in [-0.39, 0.29) is 11.5 Å².